The van der Waals surface area contributed by atoms with Crippen molar-refractivity contribution >= 4 is 11.6 Å². The molecule has 1 aromatic heterocycles. The molecular formula is C17H15N3O2. The third kappa shape index (κ3) is 2.74. The van der Waals surface area contributed by atoms with E-state index in [9.17, 15) is 4.79 Å². The smallest absolute Gasteiger partial charge is 0.313 e. The van der Waals surface area contributed by atoms with Crippen LogP contribution in [0.5, 0.6) is 0 Å². The Morgan fingerprint density at radius 2 is 1.64 bits per heavy atom. The van der Waals surface area contributed by atoms with Crippen molar-refractivity contribution in [1.82, 2.24) is 10.2 Å². The maximum Gasteiger partial charge on any atom is 0.313 e. The van der Waals surface area contributed by atoms with E-state index in [2.05, 4.69) is 15.5 Å². The summed E-state index contributed by atoms with van der Waals surface area (Å²) in [7, 11) is 0. The number of rotatable bonds is 3. The van der Waals surface area contributed by atoms with E-state index in [-0.39, 0.29) is 5.89 Å². The summed E-state index contributed by atoms with van der Waals surface area (Å²) in [6, 6.07) is 15.2. The molecule has 0 atom stereocenters. The van der Waals surface area contributed by atoms with Crippen molar-refractivity contribution in [1.29, 1.82) is 0 Å². The zero-order chi connectivity index (χ0) is 15.5. The predicted molar refractivity (Wildman–Crippen MR) is 83.6 cm³/mol. The van der Waals surface area contributed by atoms with Crippen LogP contribution in [0.4, 0.5) is 5.69 Å². The van der Waals surface area contributed by atoms with E-state index in [0.717, 1.165) is 22.4 Å². The highest BCUT2D eigenvalue weighted by molar-refractivity contribution is 6.01. The van der Waals surface area contributed by atoms with Gasteiger partial charge in [-0.15, -0.1) is 10.2 Å². The maximum absolute atomic E-state index is 12.3. The molecule has 0 bridgehead atoms. The lowest BCUT2D eigenvalue weighted by Gasteiger charge is -2.09. The monoisotopic (exact) mass is 293 g/mol. The summed E-state index contributed by atoms with van der Waals surface area (Å²) in [5.41, 5.74) is 3.51. The van der Waals surface area contributed by atoms with Crippen LogP contribution in [0, 0.1) is 13.8 Å². The van der Waals surface area contributed by atoms with Gasteiger partial charge in [0, 0.05) is 11.3 Å². The zero-order valence-electron chi connectivity index (χ0n) is 12.3. The summed E-state index contributed by atoms with van der Waals surface area (Å²) in [5.74, 6) is -0.138. The molecule has 1 N–H and O–H groups in total. The van der Waals surface area contributed by atoms with E-state index < -0.39 is 5.91 Å². The summed E-state index contributed by atoms with van der Waals surface area (Å²) >= 11 is 0. The standard InChI is InChI=1S/C17H15N3O2/c1-11-7-6-8-12(2)14(11)18-15(21)17-20-19-16(22-17)13-9-4-3-5-10-13/h3-10H,1-2H3,(H,18,21). The van der Waals surface area contributed by atoms with Crippen LogP contribution in [-0.4, -0.2) is 16.1 Å². The second-order valence-electron chi connectivity index (χ2n) is 5.00. The molecule has 110 valence electrons. The Morgan fingerprint density at radius 3 is 2.32 bits per heavy atom. The Labute approximate surface area is 128 Å². The molecule has 5 heteroatoms. The molecule has 1 heterocycles. The summed E-state index contributed by atoms with van der Waals surface area (Å²) in [6.07, 6.45) is 0. The summed E-state index contributed by atoms with van der Waals surface area (Å²) in [4.78, 5) is 12.3. The number of hydrogen-bond donors (Lipinski definition) is 1. The van der Waals surface area contributed by atoms with Crippen LogP contribution < -0.4 is 5.32 Å². The van der Waals surface area contributed by atoms with Gasteiger partial charge in [0.1, 0.15) is 0 Å². The van der Waals surface area contributed by atoms with Crippen molar-refractivity contribution in [2.24, 2.45) is 0 Å². The largest absolute Gasteiger partial charge is 0.412 e. The Balaban J connectivity index is 1.83. The molecule has 0 spiro atoms. The van der Waals surface area contributed by atoms with E-state index in [1.54, 1.807) is 0 Å². The molecular weight excluding hydrogens is 278 g/mol. The lowest BCUT2D eigenvalue weighted by Crippen LogP contribution is -2.14. The molecule has 0 fully saturated rings. The van der Waals surface area contributed by atoms with Gasteiger partial charge in [0.15, 0.2) is 0 Å². The average molecular weight is 293 g/mol. The fraction of sp³-hybridized carbons (Fsp3) is 0.118. The first-order valence-corrected chi connectivity index (χ1v) is 6.91. The number of amides is 1. The van der Waals surface area contributed by atoms with Crippen LogP contribution in [0.2, 0.25) is 0 Å². The Kier molecular flexibility index (Phi) is 3.70. The topological polar surface area (TPSA) is 68.0 Å². The molecule has 0 unspecified atom stereocenters. The fourth-order valence-corrected chi connectivity index (χ4v) is 2.19. The number of benzene rings is 2. The van der Waals surface area contributed by atoms with E-state index in [1.165, 1.54) is 0 Å². The number of para-hydroxylation sites is 1. The minimum absolute atomic E-state index is 0.0542. The van der Waals surface area contributed by atoms with Crippen LogP contribution in [-0.2, 0) is 0 Å². The van der Waals surface area contributed by atoms with Crippen LogP contribution >= 0.6 is 0 Å². The Hall–Kier alpha value is -2.95. The molecule has 1 amide bonds. The van der Waals surface area contributed by atoms with Crippen molar-refractivity contribution in [3.8, 4) is 11.5 Å². The second-order valence-corrected chi connectivity index (χ2v) is 5.00. The lowest BCUT2D eigenvalue weighted by atomic mass is 10.1. The Bertz CT molecular complexity index is 790. The van der Waals surface area contributed by atoms with E-state index in [4.69, 9.17) is 4.42 Å². The quantitative estimate of drug-likeness (QED) is 0.801. The molecule has 0 aliphatic heterocycles. The number of nitrogens with zero attached hydrogens (tertiary/aromatic N) is 2. The van der Waals surface area contributed by atoms with Crippen LogP contribution in [0.15, 0.2) is 52.9 Å². The minimum atomic E-state index is -0.410. The van der Waals surface area contributed by atoms with Crippen molar-refractivity contribution in [3.63, 3.8) is 0 Å². The van der Waals surface area contributed by atoms with Crippen molar-refractivity contribution in [2.45, 2.75) is 13.8 Å². The van der Waals surface area contributed by atoms with E-state index >= 15 is 0 Å². The van der Waals surface area contributed by atoms with Crippen LogP contribution in [0.25, 0.3) is 11.5 Å². The van der Waals surface area contributed by atoms with Gasteiger partial charge in [-0.2, -0.15) is 0 Å². The highest BCUT2D eigenvalue weighted by Gasteiger charge is 2.17. The number of anilines is 1. The van der Waals surface area contributed by atoms with Crippen molar-refractivity contribution in [3.05, 3.63) is 65.5 Å². The SMILES string of the molecule is Cc1cccc(C)c1NC(=O)c1nnc(-c2ccccc2)o1. The number of hydrogen-bond acceptors (Lipinski definition) is 4. The molecule has 3 rings (SSSR count). The first kappa shape index (κ1) is 14.0. The first-order valence-electron chi connectivity index (χ1n) is 6.91. The van der Waals surface area contributed by atoms with Gasteiger partial charge in [-0.25, -0.2) is 0 Å². The molecule has 0 aliphatic carbocycles. The number of carbonyl (C=O) groups is 1. The number of nitrogens with one attached hydrogen (secondary N) is 1. The molecule has 0 radical (unpaired) electrons. The number of aryl methyl sites for hydroxylation is 2. The van der Waals surface area contributed by atoms with E-state index in [1.807, 2.05) is 62.4 Å². The van der Waals surface area contributed by atoms with Gasteiger partial charge in [-0.05, 0) is 37.1 Å². The molecule has 0 saturated heterocycles. The Morgan fingerprint density at radius 1 is 0.955 bits per heavy atom. The van der Waals surface area contributed by atoms with Crippen LogP contribution in [0.3, 0.4) is 0 Å². The summed E-state index contributed by atoms with van der Waals surface area (Å²) in [5, 5.41) is 10.6. The fourth-order valence-electron chi connectivity index (χ4n) is 2.19. The van der Waals surface area contributed by atoms with Gasteiger partial charge in [0.2, 0.25) is 5.89 Å². The highest BCUT2D eigenvalue weighted by atomic mass is 16.4. The molecule has 5 nitrogen and oxygen atoms in total. The normalized spacial score (nSPS) is 10.5. The van der Waals surface area contributed by atoms with Gasteiger partial charge >= 0.3 is 11.8 Å². The first-order chi connectivity index (χ1) is 10.6. The molecule has 22 heavy (non-hydrogen) atoms. The summed E-state index contributed by atoms with van der Waals surface area (Å²) < 4.78 is 5.45. The van der Waals surface area contributed by atoms with Gasteiger partial charge < -0.3 is 9.73 Å². The molecule has 0 aliphatic rings. The van der Waals surface area contributed by atoms with Gasteiger partial charge in [-0.3, -0.25) is 4.79 Å². The predicted octanol–water partition coefficient (Wildman–Crippen LogP) is 3.61. The molecule has 2 aromatic carbocycles. The second kappa shape index (κ2) is 5.81. The van der Waals surface area contributed by atoms with Gasteiger partial charge in [-0.1, -0.05) is 36.4 Å². The van der Waals surface area contributed by atoms with Gasteiger partial charge in [0.25, 0.3) is 0 Å². The van der Waals surface area contributed by atoms with Crippen molar-refractivity contribution < 1.29 is 9.21 Å². The van der Waals surface area contributed by atoms with Crippen molar-refractivity contribution in [2.75, 3.05) is 5.32 Å². The summed E-state index contributed by atoms with van der Waals surface area (Å²) in [6.45, 7) is 3.87. The van der Waals surface area contributed by atoms with E-state index in [0.29, 0.717) is 5.89 Å². The third-order valence-corrected chi connectivity index (χ3v) is 3.36. The zero-order valence-corrected chi connectivity index (χ0v) is 12.3. The van der Waals surface area contributed by atoms with Crippen LogP contribution in [0.1, 0.15) is 21.8 Å². The molecule has 3 aromatic rings. The average Bonchev–Trinajstić information content (AvgIpc) is 3.02. The lowest BCUT2D eigenvalue weighted by molar-refractivity contribution is 0.0990. The number of carbonyl (C=O) groups excluding carboxylic acids is 1. The molecule has 0 saturated carbocycles. The highest BCUT2D eigenvalue weighted by Crippen LogP contribution is 2.21. The minimum Gasteiger partial charge on any atom is -0.412 e. The number of aromatic nitrogens is 2. The third-order valence-electron chi connectivity index (χ3n) is 3.36. The van der Waals surface area contributed by atoms with Gasteiger partial charge in [0.05, 0.1) is 0 Å². The maximum atomic E-state index is 12.3.